The van der Waals surface area contributed by atoms with E-state index >= 15 is 0 Å². The smallest absolute Gasteiger partial charge is 0.267 e. The molecule has 4 aromatic rings. The molecule has 0 bridgehead atoms. The summed E-state index contributed by atoms with van der Waals surface area (Å²) in [6.07, 6.45) is 1.76. The third kappa shape index (κ3) is 2.26. The number of rotatable bonds is 1. The van der Waals surface area contributed by atoms with Gasteiger partial charge in [-0.15, -0.1) is 0 Å². The van der Waals surface area contributed by atoms with Crippen LogP contribution in [-0.2, 0) is 0 Å². The van der Waals surface area contributed by atoms with E-state index in [4.69, 9.17) is 23.2 Å². The minimum absolute atomic E-state index is 0.0888. The Labute approximate surface area is 145 Å². The number of aromatic nitrogens is 2. The van der Waals surface area contributed by atoms with Crippen LogP contribution in [-0.4, -0.2) is 9.38 Å². The van der Waals surface area contributed by atoms with Crippen molar-refractivity contribution in [1.82, 2.24) is 9.38 Å². The summed E-state index contributed by atoms with van der Waals surface area (Å²) in [4.78, 5) is 18.0. The first-order valence-corrected chi connectivity index (χ1v) is 8.50. The van der Waals surface area contributed by atoms with Crippen LogP contribution in [0.5, 0.6) is 0 Å². The molecule has 0 amide bonds. The molecule has 6 heteroatoms. The zero-order valence-electron chi connectivity index (χ0n) is 12.0. The summed E-state index contributed by atoms with van der Waals surface area (Å²) in [6.45, 7) is 1.99. The quantitative estimate of drug-likeness (QED) is 0.512. The van der Waals surface area contributed by atoms with Crippen molar-refractivity contribution in [3.63, 3.8) is 0 Å². The van der Waals surface area contributed by atoms with Crippen LogP contribution in [0.25, 0.3) is 22.1 Å². The molecule has 0 fully saturated rings. The number of hydrogen-bond donors (Lipinski definition) is 0. The topological polar surface area (TPSA) is 34.4 Å². The van der Waals surface area contributed by atoms with Gasteiger partial charge in [0.05, 0.1) is 25.6 Å². The predicted molar refractivity (Wildman–Crippen MR) is 96.8 cm³/mol. The highest BCUT2D eigenvalue weighted by Gasteiger charge is 2.12. The Balaban J connectivity index is 2.05. The predicted octanol–water partition coefficient (Wildman–Crippen LogP) is 4.07. The number of hydrogen-bond acceptors (Lipinski definition) is 3. The van der Waals surface area contributed by atoms with Crippen molar-refractivity contribution in [2.24, 2.45) is 0 Å². The van der Waals surface area contributed by atoms with E-state index in [0.717, 1.165) is 22.2 Å². The molecule has 0 spiro atoms. The van der Waals surface area contributed by atoms with Crippen LogP contribution in [0, 0.1) is 6.92 Å². The Morgan fingerprint density at radius 2 is 1.96 bits per heavy atom. The second-order valence-corrected chi connectivity index (χ2v) is 7.03. The van der Waals surface area contributed by atoms with E-state index in [9.17, 15) is 4.79 Å². The number of nitrogens with zero attached hydrogens (tertiary/aromatic N) is 2. The SMILES string of the molecule is Cc1cccc2c1nc1s/c(=C\c3cccc(Cl)c3Cl)c(=O)n12. The normalized spacial score (nSPS) is 12.6. The van der Waals surface area contributed by atoms with Gasteiger partial charge in [0.1, 0.15) is 0 Å². The molecule has 2 aromatic carbocycles. The molecule has 23 heavy (non-hydrogen) atoms. The van der Waals surface area contributed by atoms with Gasteiger partial charge in [-0.1, -0.05) is 58.8 Å². The molecule has 4 rings (SSSR count). The van der Waals surface area contributed by atoms with Gasteiger partial charge in [0.2, 0.25) is 0 Å². The summed E-state index contributed by atoms with van der Waals surface area (Å²) in [5.74, 6) is 0. The maximum Gasteiger partial charge on any atom is 0.274 e. The number of aryl methyl sites for hydroxylation is 1. The van der Waals surface area contributed by atoms with Gasteiger partial charge in [0.25, 0.3) is 5.56 Å². The molecular formula is C17H10Cl2N2OS. The minimum Gasteiger partial charge on any atom is -0.267 e. The number of imidazole rings is 1. The molecule has 0 aliphatic rings. The van der Waals surface area contributed by atoms with Crippen LogP contribution >= 0.6 is 34.5 Å². The second kappa shape index (κ2) is 5.34. The summed E-state index contributed by atoms with van der Waals surface area (Å²) in [7, 11) is 0. The maximum absolute atomic E-state index is 12.7. The average Bonchev–Trinajstić information content (AvgIpc) is 3.03. The fraction of sp³-hybridized carbons (Fsp3) is 0.0588. The Morgan fingerprint density at radius 3 is 2.78 bits per heavy atom. The first-order valence-electron chi connectivity index (χ1n) is 6.92. The highest BCUT2D eigenvalue weighted by molar-refractivity contribution is 7.15. The Bertz CT molecular complexity index is 1180. The molecule has 0 unspecified atom stereocenters. The van der Waals surface area contributed by atoms with Crippen molar-refractivity contribution in [2.75, 3.05) is 0 Å². The molecule has 114 valence electrons. The molecular weight excluding hydrogens is 351 g/mol. The summed E-state index contributed by atoms with van der Waals surface area (Å²) in [5.41, 5.74) is 3.39. The molecule has 0 aliphatic carbocycles. The number of fused-ring (bicyclic) bond motifs is 3. The van der Waals surface area contributed by atoms with Gasteiger partial charge in [0.15, 0.2) is 4.96 Å². The highest BCUT2D eigenvalue weighted by Crippen LogP contribution is 2.26. The third-order valence-corrected chi connectivity index (χ3v) is 5.54. The number of para-hydroxylation sites is 1. The van der Waals surface area contributed by atoms with Gasteiger partial charge in [-0.05, 0) is 36.3 Å². The van der Waals surface area contributed by atoms with Crippen molar-refractivity contribution in [1.29, 1.82) is 0 Å². The van der Waals surface area contributed by atoms with E-state index in [1.807, 2.05) is 37.3 Å². The summed E-state index contributed by atoms with van der Waals surface area (Å²) >= 11 is 13.6. The van der Waals surface area contributed by atoms with Crippen LogP contribution < -0.4 is 10.1 Å². The summed E-state index contributed by atoms with van der Waals surface area (Å²) in [6, 6.07) is 11.2. The van der Waals surface area contributed by atoms with E-state index in [2.05, 4.69) is 4.98 Å². The lowest BCUT2D eigenvalue weighted by atomic mass is 10.2. The van der Waals surface area contributed by atoms with Gasteiger partial charge in [0, 0.05) is 0 Å². The largest absolute Gasteiger partial charge is 0.274 e. The molecule has 0 saturated heterocycles. The molecule has 2 aromatic heterocycles. The van der Waals surface area contributed by atoms with E-state index in [0.29, 0.717) is 19.5 Å². The second-order valence-electron chi connectivity index (χ2n) is 5.23. The van der Waals surface area contributed by atoms with Gasteiger partial charge < -0.3 is 0 Å². The molecule has 0 N–H and O–H groups in total. The van der Waals surface area contributed by atoms with Gasteiger partial charge in [-0.3, -0.25) is 4.79 Å². The fourth-order valence-corrected chi connectivity index (χ4v) is 3.93. The number of thiazole rings is 1. The molecule has 0 saturated carbocycles. The highest BCUT2D eigenvalue weighted by atomic mass is 35.5. The van der Waals surface area contributed by atoms with Crippen LogP contribution in [0.15, 0.2) is 41.2 Å². The fourth-order valence-electron chi connectivity index (χ4n) is 2.60. The Kier molecular flexibility index (Phi) is 3.41. The lowest BCUT2D eigenvalue weighted by Gasteiger charge is -1.98. The van der Waals surface area contributed by atoms with Crippen LogP contribution in [0.3, 0.4) is 0 Å². The van der Waals surface area contributed by atoms with Gasteiger partial charge in [-0.2, -0.15) is 0 Å². The van der Waals surface area contributed by atoms with Crippen molar-refractivity contribution >= 4 is 56.6 Å². The van der Waals surface area contributed by atoms with E-state index in [-0.39, 0.29) is 5.56 Å². The number of benzene rings is 2. The van der Waals surface area contributed by atoms with Crippen molar-refractivity contribution < 1.29 is 0 Å². The Morgan fingerprint density at radius 1 is 1.17 bits per heavy atom. The summed E-state index contributed by atoms with van der Waals surface area (Å²) in [5, 5.41) is 0.913. The molecule has 3 nitrogen and oxygen atoms in total. The standard InChI is InChI=1S/C17H10Cl2N2OS/c1-9-4-2-7-12-15(9)20-17-21(12)16(22)13(23-17)8-10-5-3-6-11(18)14(10)19/h2-8H,1H3/b13-8-. The molecule has 2 heterocycles. The summed E-state index contributed by atoms with van der Waals surface area (Å²) < 4.78 is 2.23. The first-order chi connectivity index (χ1) is 11.1. The first kappa shape index (κ1) is 14.7. The minimum atomic E-state index is -0.0888. The zero-order chi connectivity index (χ0) is 16.1. The van der Waals surface area contributed by atoms with Crippen LogP contribution in [0.4, 0.5) is 0 Å². The number of halogens is 2. The van der Waals surface area contributed by atoms with Crippen molar-refractivity contribution in [2.45, 2.75) is 6.92 Å². The molecule has 0 radical (unpaired) electrons. The third-order valence-electron chi connectivity index (χ3n) is 3.74. The monoisotopic (exact) mass is 360 g/mol. The Hall–Kier alpha value is -1.88. The maximum atomic E-state index is 12.7. The van der Waals surface area contributed by atoms with Crippen LogP contribution in [0.1, 0.15) is 11.1 Å². The average molecular weight is 361 g/mol. The lowest BCUT2D eigenvalue weighted by Crippen LogP contribution is -2.22. The molecule has 0 atom stereocenters. The molecule has 0 aliphatic heterocycles. The van der Waals surface area contributed by atoms with E-state index < -0.39 is 0 Å². The lowest BCUT2D eigenvalue weighted by molar-refractivity contribution is 1.19. The van der Waals surface area contributed by atoms with Gasteiger partial charge >= 0.3 is 0 Å². The zero-order valence-corrected chi connectivity index (χ0v) is 14.3. The van der Waals surface area contributed by atoms with E-state index in [1.165, 1.54) is 11.3 Å². The van der Waals surface area contributed by atoms with Crippen molar-refractivity contribution in [3.8, 4) is 0 Å². The van der Waals surface area contributed by atoms with Gasteiger partial charge in [-0.25, -0.2) is 9.38 Å². The van der Waals surface area contributed by atoms with E-state index in [1.54, 1.807) is 16.5 Å². The van der Waals surface area contributed by atoms with Crippen LogP contribution in [0.2, 0.25) is 10.0 Å². The van der Waals surface area contributed by atoms with Crippen molar-refractivity contribution in [3.05, 3.63) is 72.5 Å².